The van der Waals surface area contributed by atoms with E-state index in [4.69, 9.17) is 66.1 Å². The highest BCUT2D eigenvalue weighted by Gasteiger charge is 2.55. The molecule has 10 rings (SSSR count). The molecule has 0 spiro atoms. The van der Waals surface area contributed by atoms with E-state index >= 15 is 0 Å². The van der Waals surface area contributed by atoms with Gasteiger partial charge in [0.15, 0.2) is 0 Å². The van der Waals surface area contributed by atoms with Gasteiger partial charge in [0.1, 0.15) is 49.1 Å². The number of fused-ring (bicyclic) bond motifs is 2. The molecule has 4 fully saturated rings. The smallest absolute Gasteiger partial charge is 0.303 e. The summed E-state index contributed by atoms with van der Waals surface area (Å²) < 4.78 is 12.1. The second kappa shape index (κ2) is 24.3. The minimum absolute atomic E-state index is 0.0183. The van der Waals surface area contributed by atoms with Crippen LogP contribution in [0.3, 0.4) is 0 Å². The molecular formula is C57H67Cl4N5O12. The first-order valence-corrected chi connectivity index (χ1v) is 28.2. The third kappa shape index (κ3) is 13.1. The first kappa shape index (κ1) is 57.6. The first-order valence-electron chi connectivity index (χ1n) is 26.7. The molecule has 4 aromatic rings. The Morgan fingerprint density at radius 1 is 0.603 bits per heavy atom. The number of aliphatic hydroxyl groups excluding tert-OH is 5. The van der Waals surface area contributed by atoms with E-state index in [0.29, 0.717) is 74.3 Å². The molecule has 21 heteroatoms. The van der Waals surface area contributed by atoms with Crippen molar-refractivity contribution < 1.29 is 59.3 Å². The summed E-state index contributed by atoms with van der Waals surface area (Å²) in [4.78, 5) is 60.8. The lowest BCUT2D eigenvalue weighted by atomic mass is 10.0. The molecule has 0 saturated heterocycles. The molecule has 0 radical (unpaired) electrons. The minimum Gasteiger partial charge on any atom is -0.491 e. The number of anilines is 4. The molecule has 78 heavy (non-hydrogen) atoms. The monoisotopic (exact) mass is 1150 g/mol. The maximum absolute atomic E-state index is 13.8. The largest absolute Gasteiger partial charge is 0.491 e. The van der Waals surface area contributed by atoms with E-state index in [1.54, 1.807) is 24.3 Å². The van der Waals surface area contributed by atoms with Crippen LogP contribution in [0.5, 0.6) is 11.5 Å². The summed E-state index contributed by atoms with van der Waals surface area (Å²) in [6.45, 7) is 2.29. The SMILES string of the molecule is CN(C[C@H](O)[C@@H](O)[C@H](O)[C@H](O)CO)C(=O)CCc1cc(Cl)c(OCC2(C(=O)N3CCN(C4CC4)c4ccccc43)CC2)cc1Cl.O=C(O)CCc1cc(Cl)c(OCC2(C(=O)N3CCN(C4CC4)c4ccccc43)CC2)cc1Cl. The van der Waals surface area contributed by atoms with E-state index in [0.717, 1.165) is 61.5 Å². The van der Waals surface area contributed by atoms with Gasteiger partial charge in [0.2, 0.25) is 17.7 Å². The Balaban J connectivity index is 0.000000198. The molecule has 3 amide bonds. The maximum atomic E-state index is 13.8. The van der Waals surface area contributed by atoms with Gasteiger partial charge in [0.25, 0.3) is 0 Å². The summed E-state index contributed by atoms with van der Waals surface area (Å²) in [5.74, 6) is -0.323. The van der Waals surface area contributed by atoms with E-state index in [9.17, 15) is 39.6 Å². The third-order valence-corrected chi connectivity index (χ3v) is 17.1. The van der Waals surface area contributed by atoms with Crippen molar-refractivity contribution in [1.82, 2.24) is 4.90 Å². The number of ether oxygens (including phenoxy) is 2. The Kier molecular flexibility index (Phi) is 18.0. The van der Waals surface area contributed by atoms with Gasteiger partial charge in [-0.15, -0.1) is 0 Å². The van der Waals surface area contributed by atoms with Gasteiger partial charge in [-0.25, -0.2) is 0 Å². The van der Waals surface area contributed by atoms with Gasteiger partial charge in [-0.1, -0.05) is 70.7 Å². The molecule has 2 heterocycles. The van der Waals surface area contributed by atoms with Crippen molar-refractivity contribution in [2.75, 3.05) is 79.2 Å². The van der Waals surface area contributed by atoms with Gasteiger partial charge in [-0.3, -0.25) is 19.2 Å². The van der Waals surface area contributed by atoms with Crippen LogP contribution in [0.2, 0.25) is 20.1 Å². The normalized spacial score (nSPS) is 19.3. The molecule has 0 unspecified atom stereocenters. The summed E-state index contributed by atoms with van der Waals surface area (Å²) in [6, 6.07) is 23.9. The average Bonchev–Trinajstić information content (AvgIpc) is 4.39. The minimum atomic E-state index is -1.78. The van der Waals surface area contributed by atoms with E-state index in [2.05, 4.69) is 21.9 Å². The summed E-state index contributed by atoms with van der Waals surface area (Å²) >= 11 is 25.8. The third-order valence-electron chi connectivity index (χ3n) is 15.8. The molecule has 6 N–H and O–H groups in total. The van der Waals surface area contributed by atoms with Gasteiger partial charge < -0.3 is 64.6 Å². The number of carboxylic acid groups (broad SMARTS) is 1. The zero-order chi connectivity index (χ0) is 55.6. The molecule has 4 aliphatic carbocycles. The maximum Gasteiger partial charge on any atom is 0.303 e. The molecule has 0 aromatic heterocycles. The molecule has 420 valence electrons. The fourth-order valence-electron chi connectivity index (χ4n) is 10.3. The molecule has 4 saturated carbocycles. The number of aliphatic carboxylic acids is 1. The molecule has 6 aliphatic rings. The van der Waals surface area contributed by atoms with Crippen molar-refractivity contribution in [3.63, 3.8) is 0 Å². The Morgan fingerprint density at radius 3 is 1.41 bits per heavy atom. The molecule has 4 atom stereocenters. The summed E-state index contributed by atoms with van der Waals surface area (Å²) in [5.41, 5.74) is 4.29. The van der Waals surface area contributed by atoms with Crippen LogP contribution in [0.25, 0.3) is 0 Å². The zero-order valence-corrected chi connectivity index (χ0v) is 46.4. The fraction of sp³-hybridized carbons (Fsp3) is 0.509. The number of rotatable bonds is 22. The van der Waals surface area contributed by atoms with Crippen LogP contribution in [0.1, 0.15) is 75.3 Å². The number of likely N-dealkylation sites (N-methyl/N-ethyl adjacent to an activating group) is 1. The lowest BCUT2D eigenvalue weighted by molar-refractivity contribution is -0.138. The number of para-hydroxylation sites is 4. The number of hydrogen-bond acceptors (Lipinski definition) is 13. The molecule has 4 aromatic carbocycles. The average molecular weight is 1160 g/mol. The van der Waals surface area contributed by atoms with Crippen LogP contribution < -0.4 is 29.1 Å². The predicted molar refractivity (Wildman–Crippen MR) is 299 cm³/mol. The number of halogens is 4. The second-order valence-electron chi connectivity index (χ2n) is 21.6. The fourth-order valence-corrected chi connectivity index (χ4v) is 11.3. The molecular weight excluding hydrogens is 1090 g/mol. The van der Waals surface area contributed by atoms with Gasteiger partial charge in [-0.05, 0) is 112 Å². The lowest BCUT2D eigenvalue weighted by Gasteiger charge is -2.39. The lowest BCUT2D eigenvalue weighted by Crippen LogP contribution is -2.50. The Morgan fingerprint density at radius 2 is 1.01 bits per heavy atom. The number of aliphatic hydroxyl groups is 5. The van der Waals surface area contributed by atoms with E-state index in [-0.39, 0.29) is 56.7 Å². The molecule has 2 aliphatic heterocycles. The highest BCUT2D eigenvalue weighted by molar-refractivity contribution is 6.35. The van der Waals surface area contributed by atoms with Crippen molar-refractivity contribution in [3.8, 4) is 11.5 Å². The van der Waals surface area contributed by atoms with Crippen LogP contribution in [0.4, 0.5) is 22.7 Å². The van der Waals surface area contributed by atoms with E-state index in [1.807, 2.05) is 46.2 Å². The van der Waals surface area contributed by atoms with E-state index < -0.39 is 47.8 Å². The van der Waals surface area contributed by atoms with Crippen LogP contribution >= 0.6 is 46.4 Å². The highest BCUT2D eigenvalue weighted by Crippen LogP contribution is 2.52. The second-order valence-corrected chi connectivity index (χ2v) is 23.2. The number of carbonyl (C=O) groups is 4. The summed E-state index contributed by atoms with van der Waals surface area (Å²) in [7, 11) is 1.43. The van der Waals surface area contributed by atoms with Crippen LogP contribution in [0, 0.1) is 10.8 Å². The Bertz CT molecular complexity index is 2860. The van der Waals surface area contributed by atoms with Crippen LogP contribution in [0.15, 0.2) is 72.8 Å². The number of benzene rings is 4. The van der Waals surface area contributed by atoms with Crippen LogP contribution in [-0.4, -0.2) is 155 Å². The number of amides is 3. The summed E-state index contributed by atoms with van der Waals surface area (Å²) in [5, 5.41) is 58.7. The number of carbonyl (C=O) groups excluding carboxylic acids is 3. The number of hydrogen-bond donors (Lipinski definition) is 6. The summed E-state index contributed by atoms with van der Waals surface area (Å²) in [6.07, 6.45) is 1.63. The number of carboxylic acids is 1. The van der Waals surface area contributed by atoms with Crippen molar-refractivity contribution in [1.29, 1.82) is 0 Å². The van der Waals surface area contributed by atoms with Crippen molar-refractivity contribution in [2.24, 2.45) is 10.8 Å². The number of aryl methyl sites for hydroxylation is 2. The van der Waals surface area contributed by atoms with Crippen molar-refractivity contribution in [2.45, 2.75) is 114 Å². The standard InChI is InChI=1S/C32H41Cl2N3O8.C25H26Cl2N2O4/c1-35(16-25(39)29(42)30(43)26(40)17-38)28(41)9-6-19-14-22(34)27(15-21(19)33)45-18-32(10-11-32)31(44)37-13-12-36(20-7-8-20)23-4-2-3-5-24(23)37;26-18-14-22(19(27)13-16(18)5-8-23(30)31)33-15-25(9-10-25)24(32)29-12-11-28(17-6-7-17)20-3-1-2-4-21(20)29/h2-5,14-15,20,25-26,29-30,38-40,42-43H,6-13,16-18H2,1H3;1-4,13-14,17H,5-12,15H2,(H,30,31)/t25-,26+,29+,30+;/m0./s1. The first-order chi connectivity index (χ1) is 37.3. The van der Waals surface area contributed by atoms with Crippen molar-refractivity contribution >= 4 is 92.8 Å². The van der Waals surface area contributed by atoms with Gasteiger partial charge in [0, 0.05) is 86.9 Å². The molecule has 0 bridgehead atoms. The van der Waals surface area contributed by atoms with Gasteiger partial charge in [-0.2, -0.15) is 0 Å². The van der Waals surface area contributed by atoms with E-state index in [1.165, 1.54) is 37.6 Å². The Hall–Kier alpha value is -5.08. The van der Waals surface area contributed by atoms with Crippen LogP contribution in [-0.2, 0) is 32.0 Å². The van der Waals surface area contributed by atoms with Gasteiger partial charge >= 0.3 is 5.97 Å². The van der Waals surface area contributed by atoms with Gasteiger partial charge in [0.05, 0.1) is 50.2 Å². The topological polar surface area (TPSA) is 224 Å². The van der Waals surface area contributed by atoms with Crippen molar-refractivity contribution in [3.05, 3.63) is 104 Å². The zero-order valence-electron chi connectivity index (χ0n) is 43.4. The number of nitrogens with zero attached hydrogens (tertiary/aromatic N) is 5. The highest BCUT2D eigenvalue weighted by atomic mass is 35.5. The predicted octanol–water partition coefficient (Wildman–Crippen LogP) is 7.18. The Labute approximate surface area is 473 Å². The molecule has 17 nitrogen and oxygen atoms in total. The quantitative estimate of drug-likeness (QED) is 0.0459.